The lowest BCUT2D eigenvalue weighted by atomic mass is 9.76. The molecule has 1 amide bonds. The minimum Gasteiger partial charge on any atom is -0.445 e. The van der Waals surface area contributed by atoms with Crippen LogP contribution in [0.2, 0.25) is 0 Å². The Morgan fingerprint density at radius 2 is 1.68 bits per heavy atom. The molecule has 0 unspecified atom stereocenters. The van der Waals surface area contributed by atoms with Crippen molar-refractivity contribution in [2.75, 3.05) is 6.54 Å². The van der Waals surface area contributed by atoms with Crippen LogP contribution in [0.3, 0.4) is 0 Å². The van der Waals surface area contributed by atoms with E-state index in [2.05, 4.69) is 37.4 Å². The average molecular weight is 421 g/mol. The Bertz CT molecular complexity index is 937. The van der Waals surface area contributed by atoms with Gasteiger partial charge in [0.15, 0.2) is 0 Å². The van der Waals surface area contributed by atoms with Gasteiger partial charge in [-0.05, 0) is 63.7 Å². The number of rotatable bonds is 6. The summed E-state index contributed by atoms with van der Waals surface area (Å²) in [5.41, 5.74) is 4.23. The zero-order chi connectivity index (χ0) is 22.6. The third kappa shape index (κ3) is 5.78. The number of nitrogens with one attached hydrogen (secondary N) is 1. The van der Waals surface area contributed by atoms with E-state index in [1.165, 1.54) is 5.56 Å². The van der Waals surface area contributed by atoms with Gasteiger partial charge >= 0.3 is 13.2 Å². The molecule has 1 heterocycles. The standard InChI is InChI=1S/C25H32BNO4/c1-18-12-13-19(2)21(14-18)15-22(26-30-24(3,4)25(5,6)31-26)16-27-23(28)29-17-20-10-8-7-9-11-20/h7-15H,16-17H2,1-6H3,(H,27,28). The first-order valence-corrected chi connectivity index (χ1v) is 10.7. The van der Waals surface area contributed by atoms with E-state index in [1.54, 1.807) is 0 Å². The van der Waals surface area contributed by atoms with Gasteiger partial charge in [-0.15, -0.1) is 0 Å². The van der Waals surface area contributed by atoms with Gasteiger partial charge in [0.2, 0.25) is 0 Å². The second-order valence-corrected chi connectivity index (χ2v) is 9.08. The lowest BCUT2D eigenvalue weighted by Crippen LogP contribution is -2.41. The Morgan fingerprint density at radius 1 is 1.03 bits per heavy atom. The van der Waals surface area contributed by atoms with Crippen molar-refractivity contribution in [1.29, 1.82) is 0 Å². The molecule has 0 radical (unpaired) electrons. The van der Waals surface area contributed by atoms with E-state index in [0.29, 0.717) is 0 Å². The van der Waals surface area contributed by atoms with Gasteiger partial charge in [0.1, 0.15) is 6.61 Å². The van der Waals surface area contributed by atoms with Crippen LogP contribution in [0.15, 0.2) is 54.0 Å². The largest absolute Gasteiger partial charge is 0.492 e. The summed E-state index contributed by atoms with van der Waals surface area (Å²) in [5, 5.41) is 2.85. The number of alkyl carbamates (subject to hydrolysis) is 1. The van der Waals surface area contributed by atoms with Gasteiger partial charge in [-0.25, -0.2) is 4.79 Å². The van der Waals surface area contributed by atoms with Crippen LogP contribution in [0.5, 0.6) is 0 Å². The van der Waals surface area contributed by atoms with Gasteiger partial charge in [0.05, 0.1) is 11.2 Å². The van der Waals surface area contributed by atoms with Crippen LogP contribution in [0.1, 0.15) is 49.9 Å². The first kappa shape index (κ1) is 23.1. The fourth-order valence-electron chi connectivity index (χ4n) is 3.26. The molecule has 0 atom stereocenters. The van der Waals surface area contributed by atoms with Gasteiger partial charge in [-0.2, -0.15) is 0 Å². The lowest BCUT2D eigenvalue weighted by Gasteiger charge is -2.32. The molecule has 2 aromatic carbocycles. The minimum absolute atomic E-state index is 0.221. The SMILES string of the molecule is Cc1ccc(C)c(C=C(CNC(=O)OCc2ccccc2)B2OC(C)(C)C(C)(C)O2)c1. The monoisotopic (exact) mass is 421 g/mol. The molecular formula is C25H32BNO4. The van der Waals surface area contributed by atoms with Crippen molar-refractivity contribution >= 4 is 19.3 Å². The number of hydrogen-bond acceptors (Lipinski definition) is 4. The van der Waals surface area contributed by atoms with E-state index in [1.807, 2.05) is 64.1 Å². The van der Waals surface area contributed by atoms with E-state index in [4.69, 9.17) is 14.0 Å². The number of ether oxygens (including phenoxy) is 1. The number of carbonyl (C=O) groups is 1. The maximum Gasteiger partial charge on any atom is 0.492 e. The van der Waals surface area contributed by atoms with Gasteiger partial charge in [0, 0.05) is 6.54 Å². The fourth-order valence-corrected chi connectivity index (χ4v) is 3.26. The maximum atomic E-state index is 12.3. The second-order valence-electron chi connectivity index (χ2n) is 9.08. The lowest BCUT2D eigenvalue weighted by molar-refractivity contribution is 0.00578. The minimum atomic E-state index is -0.556. The highest BCUT2D eigenvalue weighted by Crippen LogP contribution is 2.38. The number of carbonyl (C=O) groups excluding carboxylic acids is 1. The Hall–Kier alpha value is -2.57. The quantitative estimate of drug-likeness (QED) is 0.648. The number of hydrogen-bond donors (Lipinski definition) is 1. The fraction of sp³-hybridized carbons (Fsp3) is 0.400. The van der Waals surface area contributed by atoms with Crippen molar-refractivity contribution < 1.29 is 18.8 Å². The summed E-state index contributed by atoms with van der Waals surface area (Å²) in [6, 6.07) is 15.9. The number of benzene rings is 2. The summed E-state index contributed by atoms with van der Waals surface area (Å²) >= 11 is 0. The summed E-state index contributed by atoms with van der Waals surface area (Å²) in [7, 11) is -0.556. The Kier molecular flexibility index (Phi) is 6.92. The first-order chi connectivity index (χ1) is 14.6. The van der Waals surface area contributed by atoms with Crippen LogP contribution in [-0.2, 0) is 20.7 Å². The molecule has 0 aliphatic carbocycles. The average Bonchev–Trinajstić information content (AvgIpc) is 2.94. The molecule has 0 saturated carbocycles. The van der Waals surface area contributed by atoms with Crippen molar-refractivity contribution in [3.8, 4) is 0 Å². The molecule has 6 heteroatoms. The van der Waals surface area contributed by atoms with Crippen molar-refractivity contribution in [1.82, 2.24) is 5.32 Å². The highest BCUT2D eigenvalue weighted by Gasteiger charge is 2.52. The molecule has 1 fully saturated rings. The van der Waals surface area contributed by atoms with Crippen molar-refractivity contribution in [2.45, 2.75) is 59.4 Å². The van der Waals surface area contributed by atoms with E-state index >= 15 is 0 Å². The van der Waals surface area contributed by atoms with E-state index in [-0.39, 0.29) is 13.2 Å². The highest BCUT2D eigenvalue weighted by molar-refractivity contribution is 6.56. The van der Waals surface area contributed by atoms with Crippen LogP contribution in [0.4, 0.5) is 4.79 Å². The summed E-state index contributed by atoms with van der Waals surface area (Å²) < 4.78 is 17.9. The molecule has 0 spiro atoms. The molecule has 1 N–H and O–H groups in total. The van der Waals surface area contributed by atoms with Crippen LogP contribution >= 0.6 is 0 Å². The summed E-state index contributed by atoms with van der Waals surface area (Å²) in [5.74, 6) is 0. The molecule has 5 nitrogen and oxygen atoms in total. The summed E-state index contributed by atoms with van der Waals surface area (Å²) in [6.07, 6.45) is 1.56. The molecule has 1 aliphatic heterocycles. The number of aryl methyl sites for hydroxylation is 2. The molecule has 0 bridgehead atoms. The van der Waals surface area contributed by atoms with E-state index < -0.39 is 24.4 Å². The zero-order valence-electron chi connectivity index (χ0n) is 19.3. The molecule has 0 aromatic heterocycles. The predicted molar refractivity (Wildman–Crippen MR) is 125 cm³/mol. The van der Waals surface area contributed by atoms with Crippen molar-refractivity contribution in [3.05, 3.63) is 76.3 Å². The highest BCUT2D eigenvalue weighted by atomic mass is 16.7. The molecule has 1 aliphatic rings. The Balaban J connectivity index is 1.75. The first-order valence-electron chi connectivity index (χ1n) is 10.7. The van der Waals surface area contributed by atoms with Crippen LogP contribution in [0, 0.1) is 13.8 Å². The zero-order valence-corrected chi connectivity index (χ0v) is 19.3. The normalized spacial score (nSPS) is 17.5. The third-order valence-corrected chi connectivity index (χ3v) is 5.98. The molecular weight excluding hydrogens is 389 g/mol. The molecule has 164 valence electrons. The van der Waals surface area contributed by atoms with Gasteiger partial charge in [-0.1, -0.05) is 60.2 Å². The van der Waals surface area contributed by atoms with E-state index in [9.17, 15) is 4.79 Å². The van der Waals surface area contributed by atoms with Gasteiger partial charge < -0.3 is 19.4 Å². The van der Waals surface area contributed by atoms with Gasteiger partial charge in [-0.3, -0.25) is 0 Å². The van der Waals surface area contributed by atoms with Crippen molar-refractivity contribution in [2.24, 2.45) is 0 Å². The van der Waals surface area contributed by atoms with Crippen LogP contribution in [-0.4, -0.2) is 31.0 Å². The predicted octanol–water partition coefficient (Wildman–Crippen LogP) is 5.24. The molecule has 31 heavy (non-hydrogen) atoms. The topological polar surface area (TPSA) is 56.8 Å². The maximum absolute atomic E-state index is 12.3. The summed E-state index contributed by atoms with van der Waals surface area (Å²) in [4.78, 5) is 12.3. The molecule has 1 saturated heterocycles. The van der Waals surface area contributed by atoms with Crippen LogP contribution < -0.4 is 5.32 Å². The smallest absolute Gasteiger partial charge is 0.445 e. The molecule has 3 rings (SSSR count). The Morgan fingerprint density at radius 3 is 2.32 bits per heavy atom. The van der Waals surface area contributed by atoms with E-state index in [0.717, 1.165) is 22.2 Å². The number of amides is 1. The molecule has 2 aromatic rings. The third-order valence-electron chi connectivity index (χ3n) is 5.98. The Labute approximate surface area is 185 Å². The summed E-state index contributed by atoms with van der Waals surface area (Å²) in [6.45, 7) is 12.7. The van der Waals surface area contributed by atoms with Crippen molar-refractivity contribution in [3.63, 3.8) is 0 Å². The van der Waals surface area contributed by atoms with Crippen LogP contribution in [0.25, 0.3) is 6.08 Å². The second kappa shape index (κ2) is 9.29. The van der Waals surface area contributed by atoms with Gasteiger partial charge in [0.25, 0.3) is 0 Å².